The summed E-state index contributed by atoms with van der Waals surface area (Å²) in [6.07, 6.45) is 7.32. The molecule has 0 saturated carbocycles. The molecule has 11 heteroatoms. The van der Waals surface area contributed by atoms with E-state index in [0.717, 1.165) is 27.7 Å². The molecule has 5 aromatic rings. The monoisotopic (exact) mass is 454 g/mol. The second kappa shape index (κ2) is 7.14. The van der Waals surface area contributed by atoms with E-state index in [1.165, 1.54) is 0 Å². The Bertz CT molecular complexity index is 1420. The molecule has 0 saturated heterocycles. The van der Waals surface area contributed by atoms with Crippen LogP contribution in [-0.2, 0) is 12.5 Å². The number of H-pyrrole nitrogens is 1. The van der Waals surface area contributed by atoms with Crippen LogP contribution in [0.5, 0.6) is 0 Å². The van der Waals surface area contributed by atoms with Crippen molar-refractivity contribution in [2.24, 2.45) is 7.05 Å². The average molecular weight is 455 g/mol. The predicted octanol–water partition coefficient (Wildman–Crippen LogP) is 4.44. The van der Waals surface area contributed by atoms with Crippen LogP contribution in [0, 0.1) is 0 Å². The fourth-order valence-electron chi connectivity index (χ4n) is 3.40. The summed E-state index contributed by atoms with van der Waals surface area (Å²) in [5.41, 5.74) is 3.28. The lowest BCUT2D eigenvalue weighted by Crippen LogP contribution is -2.21. The summed E-state index contributed by atoms with van der Waals surface area (Å²) in [4.78, 5) is 7.66. The Kier molecular flexibility index (Phi) is 4.53. The molecular formula is C20H16Cl2N8O. The summed E-state index contributed by atoms with van der Waals surface area (Å²) >= 11 is 12.3. The molecular weight excluding hydrogens is 439 g/mol. The van der Waals surface area contributed by atoms with Crippen molar-refractivity contribution in [3.63, 3.8) is 0 Å². The molecule has 0 radical (unpaired) electrons. The van der Waals surface area contributed by atoms with Gasteiger partial charge in [-0.05, 0) is 26.0 Å². The zero-order valence-electron chi connectivity index (χ0n) is 16.8. The van der Waals surface area contributed by atoms with Gasteiger partial charge in [0.25, 0.3) is 0 Å². The van der Waals surface area contributed by atoms with Crippen LogP contribution < -0.4 is 0 Å². The number of fused-ring (bicyclic) bond motifs is 1. The lowest BCUT2D eigenvalue weighted by atomic mass is 9.86. The molecule has 5 aromatic heterocycles. The third-order valence-electron chi connectivity index (χ3n) is 5.15. The van der Waals surface area contributed by atoms with Crippen LogP contribution in [0.15, 0.2) is 41.3 Å². The Labute approximate surface area is 186 Å². The van der Waals surface area contributed by atoms with Crippen molar-refractivity contribution in [2.45, 2.75) is 19.3 Å². The van der Waals surface area contributed by atoms with Crippen molar-refractivity contribution in [3.05, 3.63) is 58.7 Å². The van der Waals surface area contributed by atoms with Gasteiger partial charge in [-0.2, -0.15) is 5.10 Å². The lowest BCUT2D eigenvalue weighted by molar-refractivity contribution is 0.419. The largest absolute Gasteiger partial charge is 0.420 e. The first-order valence-corrected chi connectivity index (χ1v) is 10.1. The standard InChI is InChI=1S/C20H16Cl2N8O/c1-20(2,14-5-15(21)26-27-16(14)22)19-29-28-18(31-19)13-8-24-17-12(13)4-10(6-23-17)11-7-25-30(3)9-11/h4-9H,1-3H3,(H,23,24). The maximum atomic E-state index is 6.25. The molecule has 9 nitrogen and oxygen atoms in total. The van der Waals surface area contributed by atoms with E-state index in [2.05, 4.69) is 35.5 Å². The highest BCUT2D eigenvalue weighted by Gasteiger charge is 2.33. The van der Waals surface area contributed by atoms with E-state index in [0.29, 0.717) is 17.3 Å². The predicted molar refractivity (Wildman–Crippen MR) is 116 cm³/mol. The minimum Gasteiger partial charge on any atom is -0.420 e. The first kappa shape index (κ1) is 19.7. The molecule has 0 aliphatic rings. The number of aromatic nitrogens is 8. The quantitative estimate of drug-likeness (QED) is 0.427. The van der Waals surface area contributed by atoms with E-state index in [9.17, 15) is 0 Å². The van der Waals surface area contributed by atoms with Crippen LogP contribution in [0.1, 0.15) is 25.3 Å². The Morgan fingerprint density at radius 1 is 1.03 bits per heavy atom. The van der Waals surface area contributed by atoms with E-state index in [-0.39, 0.29) is 10.3 Å². The summed E-state index contributed by atoms with van der Waals surface area (Å²) in [5.74, 6) is 0.739. The fraction of sp³-hybridized carbons (Fsp3) is 0.200. The van der Waals surface area contributed by atoms with Crippen LogP contribution >= 0.6 is 23.2 Å². The second-order valence-corrected chi connectivity index (χ2v) is 8.38. The molecule has 0 fully saturated rings. The minimum atomic E-state index is -0.729. The number of hydrogen-bond acceptors (Lipinski definition) is 7. The Morgan fingerprint density at radius 2 is 1.87 bits per heavy atom. The fourth-order valence-corrected chi connectivity index (χ4v) is 3.88. The topological polar surface area (TPSA) is 111 Å². The van der Waals surface area contributed by atoms with Gasteiger partial charge in [-0.3, -0.25) is 4.68 Å². The SMILES string of the molecule is Cn1cc(-c2cnc3[nH]cc(-c4nnc(C(C)(C)c5cc(Cl)nnc5Cl)o4)c3c2)cn1. The normalized spacial score (nSPS) is 12.0. The molecule has 5 rings (SSSR count). The zero-order valence-corrected chi connectivity index (χ0v) is 18.3. The lowest BCUT2D eigenvalue weighted by Gasteiger charge is -2.21. The number of aromatic amines is 1. The second-order valence-electron chi connectivity index (χ2n) is 7.63. The summed E-state index contributed by atoms with van der Waals surface area (Å²) in [5, 5.41) is 21.7. The third kappa shape index (κ3) is 3.35. The minimum absolute atomic E-state index is 0.228. The molecule has 0 atom stereocenters. The van der Waals surface area contributed by atoms with E-state index >= 15 is 0 Å². The van der Waals surface area contributed by atoms with Gasteiger partial charge in [0.2, 0.25) is 11.8 Å². The van der Waals surface area contributed by atoms with Crippen molar-refractivity contribution in [1.29, 1.82) is 0 Å². The summed E-state index contributed by atoms with van der Waals surface area (Å²) in [7, 11) is 1.87. The van der Waals surface area contributed by atoms with E-state index < -0.39 is 5.41 Å². The van der Waals surface area contributed by atoms with Gasteiger partial charge < -0.3 is 9.40 Å². The van der Waals surface area contributed by atoms with Gasteiger partial charge in [0.1, 0.15) is 5.65 Å². The van der Waals surface area contributed by atoms with Crippen molar-refractivity contribution < 1.29 is 4.42 Å². The van der Waals surface area contributed by atoms with Crippen LogP contribution in [-0.4, -0.2) is 40.1 Å². The first-order chi connectivity index (χ1) is 14.8. The highest BCUT2D eigenvalue weighted by Crippen LogP contribution is 2.37. The summed E-state index contributed by atoms with van der Waals surface area (Å²) in [6, 6.07) is 3.67. The molecule has 31 heavy (non-hydrogen) atoms. The van der Waals surface area contributed by atoms with Gasteiger partial charge in [-0.1, -0.05) is 23.2 Å². The first-order valence-electron chi connectivity index (χ1n) is 9.32. The van der Waals surface area contributed by atoms with Crippen molar-refractivity contribution in [3.8, 4) is 22.6 Å². The number of aryl methyl sites for hydroxylation is 1. The Balaban J connectivity index is 1.57. The Morgan fingerprint density at radius 3 is 2.65 bits per heavy atom. The summed E-state index contributed by atoms with van der Waals surface area (Å²) in [6.45, 7) is 3.81. The molecule has 0 aromatic carbocycles. The maximum absolute atomic E-state index is 6.25. The molecule has 0 unspecified atom stereocenters. The van der Waals surface area contributed by atoms with Crippen molar-refractivity contribution in [1.82, 2.24) is 40.1 Å². The average Bonchev–Trinajstić information content (AvgIpc) is 3.48. The molecule has 1 N–H and O–H groups in total. The molecule has 0 spiro atoms. The number of hydrogen-bond donors (Lipinski definition) is 1. The highest BCUT2D eigenvalue weighted by molar-refractivity contribution is 6.31. The molecule has 0 amide bonds. The highest BCUT2D eigenvalue weighted by atomic mass is 35.5. The van der Waals surface area contributed by atoms with Gasteiger partial charge in [0, 0.05) is 47.7 Å². The van der Waals surface area contributed by atoms with E-state index in [1.807, 2.05) is 33.2 Å². The molecule has 0 aliphatic carbocycles. The van der Waals surface area contributed by atoms with Crippen molar-refractivity contribution in [2.75, 3.05) is 0 Å². The van der Waals surface area contributed by atoms with Crippen LogP contribution in [0.25, 0.3) is 33.6 Å². The van der Waals surface area contributed by atoms with Gasteiger partial charge in [0.15, 0.2) is 10.3 Å². The van der Waals surface area contributed by atoms with E-state index in [1.54, 1.807) is 29.3 Å². The molecule has 5 heterocycles. The van der Waals surface area contributed by atoms with E-state index in [4.69, 9.17) is 27.6 Å². The molecule has 156 valence electrons. The third-order valence-corrected chi connectivity index (χ3v) is 5.62. The number of pyridine rings is 1. The van der Waals surface area contributed by atoms with Gasteiger partial charge in [-0.15, -0.1) is 20.4 Å². The maximum Gasteiger partial charge on any atom is 0.249 e. The zero-order chi connectivity index (χ0) is 21.8. The number of halogens is 2. The van der Waals surface area contributed by atoms with Crippen molar-refractivity contribution >= 4 is 34.2 Å². The van der Waals surface area contributed by atoms with Crippen LogP contribution in [0.3, 0.4) is 0 Å². The Hall–Kier alpha value is -3.30. The van der Waals surface area contributed by atoms with Crippen LogP contribution in [0.2, 0.25) is 10.3 Å². The molecule has 0 aliphatic heterocycles. The summed E-state index contributed by atoms with van der Waals surface area (Å²) < 4.78 is 7.81. The van der Waals surface area contributed by atoms with Gasteiger partial charge in [0.05, 0.1) is 17.2 Å². The number of nitrogens with one attached hydrogen (secondary N) is 1. The van der Waals surface area contributed by atoms with Crippen LogP contribution in [0.4, 0.5) is 0 Å². The molecule has 0 bridgehead atoms. The number of rotatable bonds is 4. The smallest absolute Gasteiger partial charge is 0.249 e. The number of nitrogens with zero attached hydrogens (tertiary/aromatic N) is 7. The van der Waals surface area contributed by atoms with Gasteiger partial charge in [-0.25, -0.2) is 4.98 Å². The van der Waals surface area contributed by atoms with Gasteiger partial charge >= 0.3 is 0 Å².